The highest BCUT2D eigenvalue weighted by atomic mass is 16.6. The minimum Gasteiger partial charge on any atom is -0.354 e. The second-order valence-corrected chi connectivity index (χ2v) is 5.79. The summed E-state index contributed by atoms with van der Waals surface area (Å²) >= 11 is 0. The van der Waals surface area contributed by atoms with Gasteiger partial charge < -0.3 is 10.2 Å². The SMILES string of the molecule is O=C1CC(c2ccccc2)N(C(=O)c2cccc([N+](=O)[O-])c2)CCN1. The zero-order valence-electron chi connectivity index (χ0n) is 13.4. The minimum atomic E-state index is -0.529. The number of amides is 2. The highest BCUT2D eigenvalue weighted by Crippen LogP contribution is 2.28. The third-order valence-corrected chi connectivity index (χ3v) is 4.18. The van der Waals surface area contributed by atoms with Crippen molar-refractivity contribution in [1.82, 2.24) is 10.2 Å². The highest BCUT2D eigenvalue weighted by Gasteiger charge is 2.30. The van der Waals surface area contributed by atoms with Crippen molar-refractivity contribution in [2.45, 2.75) is 12.5 Å². The lowest BCUT2D eigenvalue weighted by atomic mass is 10.0. The van der Waals surface area contributed by atoms with Crippen LogP contribution in [0.15, 0.2) is 54.6 Å². The summed E-state index contributed by atoms with van der Waals surface area (Å²) in [5.41, 5.74) is 0.967. The maximum absolute atomic E-state index is 13.0. The van der Waals surface area contributed by atoms with Gasteiger partial charge in [-0.15, -0.1) is 0 Å². The summed E-state index contributed by atoms with van der Waals surface area (Å²) in [6, 6.07) is 14.6. The average molecular weight is 339 g/mol. The Hall–Kier alpha value is -3.22. The van der Waals surface area contributed by atoms with Crippen LogP contribution in [-0.2, 0) is 4.79 Å². The first kappa shape index (κ1) is 16.6. The largest absolute Gasteiger partial charge is 0.354 e. The van der Waals surface area contributed by atoms with Crippen molar-refractivity contribution in [2.24, 2.45) is 0 Å². The molecular formula is C18H17N3O4. The summed E-state index contributed by atoms with van der Waals surface area (Å²) in [5, 5.41) is 13.7. The van der Waals surface area contributed by atoms with Crippen LogP contribution in [0.25, 0.3) is 0 Å². The summed E-state index contributed by atoms with van der Waals surface area (Å²) in [4.78, 5) is 37.0. The Bertz CT molecular complexity index is 807. The molecule has 2 amide bonds. The van der Waals surface area contributed by atoms with Gasteiger partial charge in [0.25, 0.3) is 11.6 Å². The van der Waals surface area contributed by atoms with Gasteiger partial charge in [-0.25, -0.2) is 0 Å². The van der Waals surface area contributed by atoms with Crippen molar-refractivity contribution in [3.05, 3.63) is 75.8 Å². The number of non-ortho nitro benzene ring substituents is 1. The van der Waals surface area contributed by atoms with Crippen molar-refractivity contribution in [3.63, 3.8) is 0 Å². The molecule has 0 spiro atoms. The van der Waals surface area contributed by atoms with Crippen LogP contribution in [0.2, 0.25) is 0 Å². The fraction of sp³-hybridized carbons (Fsp3) is 0.222. The topological polar surface area (TPSA) is 92.5 Å². The van der Waals surface area contributed by atoms with Crippen LogP contribution in [0.4, 0.5) is 5.69 Å². The standard InChI is InChI=1S/C18H17N3O4/c22-17-12-16(13-5-2-1-3-6-13)20(10-9-19-17)18(23)14-7-4-8-15(11-14)21(24)25/h1-8,11,16H,9-10,12H2,(H,19,22). The molecule has 1 aliphatic rings. The van der Waals surface area contributed by atoms with Crippen molar-refractivity contribution < 1.29 is 14.5 Å². The predicted molar refractivity (Wildman–Crippen MR) is 90.9 cm³/mol. The average Bonchev–Trinajstić information content (AvgIpc) is 2.83. The number of benzene rings is 2. The van der Waals surface area contributed by atoms with Gasteiger partial charge in [0.05, 0.1) is 17.4 Å². The van der Waals surface area contributed by atoms with Crippen molar-refractivity contribution in [3.8, 4) is 0 Å². The number of nitrogens with one attached hydrogen (secondary N) is 1. The van der Waals surface area contributed by atoms with Gasteiger partial charge in [0.15, 0.2) is 0 Å². The highest BCUT2D eigenvalue weighted by molar-refractivity contribution is 5.95. The molecule has 3 rings (SSSR count). The molecule has 7 nitrogen and oxygen atoms in total. The van der Waals surface area contributed by atoms with E-state index in [9.17, 15) is 19.7 Å². The van der Waals surface area contributed by atoms with E-state index in [1.54, 1.807) is 11.0 Å². The quantitative estimate of drug-likeness (QED) is 0.686. The number of nitro benzene ring substituents is 1. The van der Waals surface area contributed by atoms with Gasteiger partial charge in [0.1, 0.15) is 0 Å². The Morgan fingerprint density at radius 3 is 2.64 bits per heavy atom. The van der Waals surface area contributed by atoms with Crippen molar-refractivity contribution in [2.75, 3.05) is 13.1 Å². The Morgan fingerprint density at radius 2 is 1.92 bits per heavy atom. The Balaban J connectivity index is 1.96. The molecule has 0 radical (unpaired) electrons. The molecule has 1 aliphatic heterocycles. The lowest BCUT2D eigenvalue weighted by Crippen LogP contribution is -2.36. The number of hydrogen-bond donors (Lipinski definition) is 1. The lowest BCUT2D eigenvalue weighted by Gasteiger charge is -2.29. The number of nitrogens with zero attached hydrogens (tertiary/aromatic N) is 2. The molecule has 2 aromatic rings. The van der Waals surface area contributed by atoms with Crippen molar-refractivity contribution >= 4 is 17.5 Å². The molecular weight excluding hydrogens is 322 g/mol. The summed E-state index contributed by atoms with van der Waals surface area (Å²) in [6.07, 6.45) is 0.157. The molecule has 0 aromatic heterocycles. The molecule has 128 valence electrons. The van der Waals surface area contributed by atoms with Crippen LogP contribution in [-0.4, -0.2) is 34.7 Å². The molecule has 25 heavy (non-hydrogen) atoms. The van der Waals surface area contributed by atoms with Gasteiger partial charge in [-0.3, -0.25) is 19.7 Å². The van der Waals surface area contributed by atoms with Gasteiger partial charge in [0.2, 0.25) is 5.91 Å². The molecule has 1 saturated heterocycles. The fourth-order valence-corrected chi connectivity index (χ4v) is 2.96. The number of hydrogen-bond acceptors (Lipinski definition) is 4. The van der Waals surface area contributed by atoms with E-state index >= 15 is 0 Å². The van der Waals surface area contributed by atoms with Crippen LogP contribution >= 0.6 is 0 Å². The normalized spacial score (nSPS) is 17.5. The van der Waals surface area contributed by atoms with Crippen LogP contribution in [0, 0.1) is 10.1 Å². The third kappa shape index (κ3) is 3.65. The summed E-state index contributed by atoms with van der Waals surface area (Å²) in [5.74, 6) is -0.447. The van der Waals surface area contributed by atoms with Crippen molar-refractivity contribution in [1.29, 1.82) is 0 Å². The van der Waals surface area contributed by atoms with Gasteiger partial charge >= 0.3 is 0 Å². The first-order valence-corrected chi connectivity index (χ1v) is 7.93. The molecule has 7 heteroatoms. The molecule has 1 heterocycles. The van der Waals surface area contributed by atoms with E-state index in [1.165, 1.54) is 18.2 Å². The lowest BCUT2D eigenvalue weighted by molar-refractivity contribution is -0.384. The summed E-state index contributed by atoms with van der Waals surface area (Å²) in [7, 11) is 0. The predicted octanol–water partition coefficient (Wildman–Crippen LogP) is 2.30. The van der Waals surface area contributed by atoms with E-state index in [2.05, 4.69) is 5.32 Å². The zero-order valence-corrected chi connectivity index (χ0v) is 13.4. The zero-order chi connectivity index (χ0) is 17.8. The van der Waals surface area contributed by atoms with E-state index in [0.717, 1.165) is 5.56 Å². The van der Waals surface area contributed by atoms with Crippen LogP contribution < -0.4 is 5.32 Å². The first-order chi connectivity index (χ1) is 12.1. The van der Waals surface area contributed by atoms with Gasteiger partial charge in [0, 0.05) is 30.8 Å². The Labute approximate surface area is 144 Å². The molecule has 1 atom stereocenters. The maximum atomic E-state index is 13.0. The van der Waals surface area contributed by atoms with Gasteiger partial charge in [-0.1, -0.05) is 36.4 Å². The molecule has 1 fully saturated rings. The number of nitro groups is 1. The molecule has 0 bridgehead atoms. The molecule has 1 N–H and O–H groups in total. The maximum Gasteiger partial charge on any atom is 0.270 e. The third-order valence-electron chi connectivity index (χ3n) is 4.18. The monoisotopic (exact) mass is 339 g/mol. The smallest absolute Gasteiger partial charge is 0.270 e. The van der Waals surface area contributed by atoms with E-state index in [4.69, 9.17) is 0 Å². The number of rotatable bonds is 3. The fourth-order valence-electron chi connectivity index (χ4n) is 2.96. The number of carbonyl (C=O) groups excluding carboxylic acids is 2. The van der Waals surface area contributed by atoms with E-state index in [0.29, 0.717) is 13.1 Å². The minimum absolute atomic E-state index is 0.122. The van der Waals surface area contributed by atoms with E-state index in [1.807, 2.05) is 30.3 Å². The molecule has 2 aromatic carbocycles. The second kappa shape index (κ2) is 7.12. The van der Waals surface area contributed by atoms with Crippen LogP contribution in [0.1, 0.15) is 28.4 Å². The summed E-state index contributed by atoms with van der Waals surface area (Å²) in [6.45, 7) is 0.690. The van der Waals surface area contributed by atoms with Crippen LogP contribution in [0.3, 0.4) is 0 Å². The molecule has 1 unspecified atom stereocenters. The Morgan fingerprint density at radius 1 is 1.16 bits per heavy atom. The Kier molecular flexibility index (Phi) is 4.74. The molecule has 0 aliphatic carbocycles. The summed E-state index contributed by atoms with van der Waals surface area (Å²) < 4.78 is 0. The van der Waals surface area contributed by atoms with Gasteiger partial charge in [-0.2, -0.15) is 0 Å². The second-order valence-electron chi connectivity index (χ2n) is 5.79. The van der Waals surface area contributed by atoms with E-state index < -0.39 is 11.0 Å². The first-order valence-electron chi connectivity index (χ1n) is 7.93. The molecule has 0 saturated carbocycles. The van der Waals surface area contributed by atoms with Crippen LogP contribution in [0.5, 0.6) is 0 Å². The van der Waals surface area contributed by atoms with Gasteiger partial charge in [-0.05, 0) is 11.6 Å². The van der Waals surface area contributed by atoms with E-state index in [-0.39, 0.29) is 29.5 Å². The number of carbonyl (C=O) groups is 2.